The second-order valence-corrected chi connectivity index (χ2v) is 7.68. The van der Waals surface area contributed by atoms with Crippen LogP contribution in [0, 0.1) is 5.92 Å². The lowest BCUT2D eigenvalue weighted by Gasteiger charge is -2.32. The summed E-state index contributed by atoms with van der Waals surface area (Å²) in [5.41, 5.74) is -1.30. The number of fused-ring (bicyclic) bond motifs is 1. The topological polar surface area (TPSA) is 101 Å². The number of hydrogen-bond acceptors (Lipinski definition) is 6. The van der Waals surface area contributed by atoms with E-state index in [9.17, 15) is 14.7 Å². The SMILES string of the molecule is CC(C)OC[C@H]1C[C@@H](N2C(=O)NC(=O)C3(CO)OC23)CC1OC(C)C. The number of aliphatic hydroxyl groups excluding tert-OH is 1. The minimum absolute atomic E-state index is 0.0172. The average Bonchev–Trinajstić information content (AvgIpc) is 3.14. The lowest BCUT2D eigenvalue weighted by atomic mass is 10.0. The fraction of sp³-hybridized carbons (Fsp3) is 0.882. The molecule has 0 aromatic rings. The first-order valence-electron chi connectivity index (χ1n) is 8.98. The van der Waals surface area contributed by atoms with Crippen LogP contribution in [0.3, 0.4) is 0 Å². The molecule has 0 aromatic heterocycles. The number of urea groups is 1. The number of rotatable bonds is 7. The van der Waals surface area contributed by atoms with E-state index in [1.165, 1.54) is 0 Å². The van der Waals surface area contributed by atoms with Crippen molar-refractivity contribution in [2.24, 2.45) is 5.92 Å². The van der Waals surface area contributed by atoms with Crippen molar-refractivity contribution in [1.29, 1.82) is 0 Å². The number of nitrogens with zero attached hydrogens (tertiary/aromatic N) is 1. The monoisotopic (exact) mass is 356 g/mol. The number of ether oxygens (including phenoxy) is 3. The van der Waals surface area contributed by atoms with Crippen LogP contribution in [0.5, 0.6) is 0 Å². The van der Waals surface area contributed by atoms with Crippen LogP contribution in [-0.4, -0.2) is 71.3 Å². The molecule has 3 rings (SSSR count). The zero-order chi connectivity index (χ0) is 18.4. The third kappa shape index (κ3) is 3.40. The van der Waals surface area contributed by atoms with Crippen LogP contribution in [0.1, 0.15) is 40.5 Å². The Morgan fingerprint density at radius 2 is 2.00 bits per heavy atom. The number of carbonyl (C=O) groups is 2. The molecule has 1 saturated carbocycles. The molecular formula is C17H28N2O6. The minimum Gasteiger partial charge on any atom is -0.393 e. The van der Waals surface area contributed by atoms with Crippen LogP contribution < -0.4 is 5.32 Å². The van der Waals surface area contributed by atoms with E-state index in [1.807, 2.05) is 27.7 Å². The highest BCUT2D eigenvalue weighted by molar-refractivity contribution is 6.04. The summed E-state index contributed by atoms with van der Waals surface area (Å²) in [6.07, 6.45) is 0.879. The number of epoxide rings is 1. The van der Waals surface area contributed by atoms with Gasteiger partial charge in [-0.05, 0) is 40.5 Å². The van der Waals surface area contributed by atoms with E-state index >= 15 is 0 Å². The molecule has 1 aliphatic carbocycles. The molecule has 2 aliphatic heterocycles. The normalized spacial score (nSPS) is 37.6. The Labute approximate surface area is 147 Å². The van der Waals surface area contributed by atoms with Crippen molar-refractivity contribution < 1.29 is 28.9 Å². The molecular weight excluding hydrogens is 328 g/mol. The smallest absolute Gasteiger partial charge is 0.326 e. The molecule has 25 heavy (non-hydrogen) atoms. The summed E-state index contributed by atoms with van der Waals surface area (Å²) in [5.74, 6) is -0.392. The summed E-state index contributed by atoms with van der Waals surface area (Å²) in [6, 6.07) is -0.577. The van der Waals surface area contributed by atoms with Gasteiger partial charge in [-0.25, -0.2) is 4.79 Å². The largest absolute Gasteiger partial charge is 0.393 e. The van der Waals surface area contributed by atoms with Gasteiger partial charge in [0.05, 0.1) is 31.5 Å². The van der Waals surface area contributed by atoms with Crippen molar-refractivity contribution >= 4 is 11.9 Å². The van der Waals surface area contributed by atoms with E-state index < -0.39 is 30.4 Å². The van der Waals surface area contributed by atoms with E-state index in [0.717, 1.165) is 0 Å². The predicted octanol–water partition coefficient (Wildman–Crippen LogP) is 0.623. The molecule has 3 unspecified atom stereocenters. The summed E-state index contributed by atoms with van der Waals surface area (Å²) in [7, 11) is 0. The molecule has 0 bridgehead atoms. The third-order valence-corrected chi connectivity index (χ3v) is 5.08. The number of imide groups is 1. The molecule has 142 valence electrons. The lowest BCUT2D eigenvalue weighted by molar-refractivity contribution is -0.127. The van der Waals surface area contributed by atoms with E-state index in [0.29, 0.717) is 19.4 Å². The van der Waals surface area contributed by atoms with Crippen LogP contribution in [-0.2, 0) is 19.0 Å². The summed E-state index contributed by atoms with van der Waals surface area (Å²) >= 11 is 0. The van der Waals surface area contributed by atoms with E-state index in [-0.39, 0.29) is 30.3 Å². The van der Waals surface area contributed by atoms with Gasteiger partial charge in [-0.15, -0.1) is 0 Å². The zero-order valence-electron chi connectivity index (χ0n) is 15.2. The molecule has 3 amide bonds. The molecule has 2 N–H and O–H groups in total. The highest BCUT2D eigenvalue weighted by Crippen LogP contribution is 2.46. The van der Waals surface area contributed by atoms with Gasteiger partial charge in [-0.2, -0.15) is 0 Å². The average molecular weight is 356 g/mol. The van der Waals surface area contributed by atoms with Gasteiger partial charge in [-0.3, -0.25) is 15.0 Å². The third-order valence-electron chi connectivity index (χ3n) is 5.08. The lowest BCUT2D eigenvalue weighted by Crippen LogP contribution is -2.60. The van der Waals surface area contributed by atoms with Gasteiger partial charge in [0.2, 0.25) is 5.60 Å². The summed E-state index contributed by atoms with van der Waals surface area (Å²) in [5, 5.41) is 11.8. The zero-order valence-corrected chi connectivity index (χ0v) is 15.2. The Kier molecular flexibility index (Phi) is 5.07. The summed E-state index contributed by atoms with van der Waals surface area (Å²) in [6.45, 7) is 8.08. The number of amides is 3. The molecule has 2 saturated heterocycles. The van der Waals surface area contributed by atoms with Gasteiger partial charge in [0.1, 0.15) is 0 Å². The molecule has 3 aliphatic rings. The van der Waals surface area contributed by atoms with Crippen molar-refractivity contribution in [3.8, 4) is 0 Å². The first kappa shape index (κ1) is 18.6. The van der Waals surface area contributed by atoms with E-state index in [1.54, 1.807) is 4.90 Å². The van der Waals surface area contributed by atoms with Crippen LogP contribution in [0.15, 0.2) is 0 Å². The van der Waals surface area contributed by atoms with Crippen molar-refractivity contribution in [2.75, 3.05) is 13.2 Å². The molecule has 0 spiro atoms. The Hall–Kier alpha value is -1.22. The van der Waals surface area contributed by atoms with E-state index in [2.05, 4.69) is 5.32 Å². The van der Waals surface area contributed by atoms with Crippen LogP contribution in [0.4, 0.5) is 4.79 Å². The van der Waals surface area contributed by atoms with Crippen molar-refractivity contribution in [2.45, 2.75) is 76.7 Å². The standard InChI is InChI=1S/C17H28N2O6/c1-9(2)23-7-11-5-12(6-13(11)24-10(3)4)19-15-17(8-20,25-15)14(21)18-16(19)22/h9-13,15,20H,5-8H2,1-4H3,(H,18,21,22)/t11-,12-,13?,15?,17?/m1/s1. The second kappa shape index (κ2) is 6.83. The maximum Gasteiger partial charge on any atom is 0.326 e. The predicted molar refractivity (Wildman–Crippen MR) is 87.7 cm³/mol. The Bertz CT molecular complexity index is 539. The molecule has 5 atom stereocenters. The van der Waals surface area contributed by atoms with Gasteiger partial charge in [-0.1, -0.05) is 0 Å². The fourth-order valence-corrected chi connectivity index (χ4v) is 3.82. The number of aliphatic hydroxyl groups is 1. The Morgan fingerprint density at radius 1 is 1.28 bits per heavy atom. The maximum atomic E-state index is 12.3. The number of carbonyl (C=O) groups excluding carboxylic acids is 2. The van der Waals surface area contributed by atoms with Crippen LogP contribution in [0.2, 0.25) is 0 Å². The van der Waals surface area contributed by atoms with Crippen LogP contribution >= 0.6 is 0 Å². The summed E-state index contributed by atoms with van der Waals surface area (Å²) < 4.78 is 17.3. The van der Waals surface area contributed by atoms with Gasteiger partial charge in [0, 0.05) is 12.0 Å². The molecule has 2 heterocycles. The Morgan fingerprint density at radius 3 is 2.60 bits per heavy atom. The van der Waals surface area contributed by atoms with Crippen molar-refractivity contribution in [3.63, 3.8) is 0 Å². The van der Waals surface area contributed by atoms with Gasteiger partial charge in [0.15, 0.2) is 6.23 Å². The number of nitrogens with one attached hydrogen (secondary N) is 1. The van der Waals surface area contributed by atoms with Gasteiger partial charge >= 0.3 is 6.03 Å². The molecule has 3 fully saturated rings. The second-order valence-electron chi connectivity index (χ2n) is 7.68. The highest BCUT2D eigenvalue weighted by atomic mass is 16.7. The highest BCUT2D eigenvalue weighted by Gasteiger charge is 2.70. The van der Waals surface area contributed by atoms with Crippen molar-refractivity contribution in [3.05, 3.63) is 0 Å². The molecule has 0 aromatic carbocycles. The summed E-state index contributed by atoms with van der Waals surface area (Å²) in [4.78, 5) is 25.8. The van der Waals surface area contributed by atoms with Gasteiger partial charge in [0.25, 0.3) is 5.91 Å². The Balaban J connectivity index is 1.72. The quantitative estimate of drug-likeness (QED) is 0.649. The number of hydrogen-bond donors (Lipinski definition) is 2. The first-order chi connectivity index (χ1) is 11.8. The first-order valence-corrected chi connectivity index (χ1v) is 8.98. The molecule has 8 nitrogen and oxygen atoms in total. The molecule has 0 radical (unpaired) electrons. The van der Waals surface area contributed by atoms with Crippen molar-refractivity contribution in [1.82, 2.24) is 10.2 Å². The van der Waals surface area contributed by atoms with E-state index in [4.69, 9.17) is 14.2 Å². The maximum absolute atomic E-state index is 12.3. The minimum atomic E-state index is -1.30. The van der Waals surface area contributed by atoms with Gasteiger partial charge < -0.3 is 19.3 Å². The van der Waals surface area contributed by atoms with Crippen LogP contribution in [0.25, 0.3) is 0 Å². The molecule has 8 heteroatoms. The fourth-order valence-electron chi connectivity index (χ4n) is 3.82.